The number of carbonyl (C=O) groups excluding carboxylic acids is 2. The van der Waals surface area contributed by atoms with Crippen LogP contribution in [0.25, 0.3) is 0 Å². The third-order valence-electron chi connectivity index (χ3n) is 4.99. The minimum atomic E-state index is -3.79. The highest BCUT2D eigenvalue weighted by molar-refractivity contribution is 7.85. The molecular weight excluding hydrogens is 392 g/mol. The molecule has 3 N–H and O–H groups in total. The van der Waals surface area contributed by atoms with Gasteiger partial charge in [0.2, 0.25) is 11.8 Å². The number of rotatable bonds is 20. The number of amides is 2. The molecule has 0 unspecified atom stereocenters. The van der Waals surface area contributed by atoms with Crippen LogP contribution in [-0.2, 0) is 19.7 Å². The van der Waals surface area contributed by atoms with Crippen LogP contribution in [0.1, 0.15) is 103 Å². The summed E-state index contributed by atoms with van der Waals surface area (Å²) < 4.78 is 29.8. The summed E-state index contributed by atoms with van der Waals surface area (Å²) in [5.41, 5.74) is 0. The summed E-state index contributed by atoms with van der Waals surface area (Å²) in [7, 11) is -2.17. The Balaban J connectivity index is 3.21. The number of hydrogen-bond donors (Lipinski definition) is 3. The second-order valence-electron chi connectivity index (χ2n) is 7.76. The fourth-order valence-corrected chi connectivity index (χ4v) is 3.77. The molecule has 29 heavy (non-hydrogen) atoms. The predicted molar refractivity (Wildman–Crippen MR) is 117 cm³/mol. The third kappa shape index (κ3) is 23.0. The molecule has 0 radical (unpaired) electrons. The Kier molecular flexibility index (Phi) is 18.1. The number of unbranched alkanes of at least 4 members (excludes halogenated alkanes) is 12. The van der Waals surface area contributed by atoms with E-state index in [2.05, 4.69) is 10.6 Å². The second-order valence-corrected chi connectivity index (χ2v) is 9.33. The molecule has 0 spiro atoms. The quantitative estimate of drug-likeness (QED) is 0.198. The minimum Gasteiger partial charge on any atom is -0.359 e. The van der Waals surface area contributed by atoms with E-state index in [0.29, 0.717) is 32.2 Å². The molecule has 172 valence electrons. The van der Waals surface area contributed by atoms with E-state index in [1.165, 1.54) is 44.9 Å². The molecule has 0 rings (SSSR count). The standard InChI is InChI=1S/C21H42N2O5S/c1-22-20(24)17-15-18-23-21(25)16-13-11-9-7-5-3-2-4-6-8-10-12-14-19-29(26,27)28/h2-19H2,1H3,(H,22,24)(H,23,25)(H,26,27,28). The van der Waals surface area contributed by atoms with Gasteiger partial charge in [0.25, 0.3) is 10.1 Å². The molecule has 0 bridgehead atoms. The summed E-state index contributed by atoms with van der Waals surface area (Å²) in [6, 6.07) is 0. The van der Waals surface area contributed by atoms with Crippen LogP contribution in [0.2, 0.25) is 0 Å². The van der Waals surface area contributed by atoms with Gasteiger partial charge in [-0.15, -0.1) is 0 Å². The van der Waals surface area contributed by atoms with Gasteiger partial charge in [-0.1, -0.05) is 70.6 Å². The van der Waals surface area contributed by atoms with Crippen molar-refractivity contribution < 1.29 is 22.6 Å². The average molecular weight is 435 g/mol. The first-order valence-corrected chi connectivity index (χ1v) is 12.9. The first kappa shape index (κ1) is 27.8. The maximum atomic E-state index is 11.7. The topological polar surface area (TPSA) is 113 Å². The van der Waals surface area contributed by atoms with Crippen molar-refractivity contribution in [3.8, 4) is 0 Å². The van der Waals surface area contributed by atoms with Crippen LogP contribution in [0, 0.1) is 0 Å². The monoisotopic (exact) mass is 434 g/mol. The van der Waals surface area contributed by atoms with E-state index in [0.717, 1.165) is 32.1 Å². The molecule has 0 atom stereocenters. The smallest absolute Gasteiger partial charge is 0.264 e. The molecule has 7 nitrogen and oxygen atoms in total. The molecule has 0 heterocycles. The Bertz CT molecular complexity index is 523. The molecule has 0 saturated heterocycles. The van der Waals surface area contributed by atoms with Gasteiger partial charge in [-0.05, 0) is 19.3 Å². The van der Waals surface area contributed by atoms with Crippen molar-refractivity contribution in [1.29, 1.82) is 0 Å². The molecule has 0 aliphatic heterocycles. The molecule has 2 amide bonds. The van der Waals surface area contributed by atoms with Crippen LogP contribution in [0.4, 0.5) is 0 Å². The lowest BCUT2D eigenvalue weighted by atomic mass is 10.0. The van der Waals surface area contributed by atoms with Gasteiger partial charge in [0, 0.05) is 26.4 Å². The van der Waals surface area contributed by atoms with Gasteiger partial charge in [0.15, 0.2) is 0 Å². The van der Waals surface area contributed by atoms with Crippen LogP contribution in [-0.4, -0.2) is 44.1 Å². The van der Waals surface area contributed by atoms with Crippen LogP contribution >= 0.6 is 0 Å². The molecule has 0 aromatic carbocycles. The highest BCUT2D eigenvalue weighted by Crippen LogP contribution is 2.13. The Morgan fingerprint density at radius 3 is 1.52 bits per heavy atom. The summed E-state index contributed by atoms with van der Waals surface area (Å²) in [5, 5.41) is 5.42. The molecule has 0 aliphatic carbocycles. The SMILES string of the molecule is CNC(=O)CCCNC(=O)CCCCCCCCCCCCCCCS(=O)(=O)O. The van der Waals surface area contributed by atoms with Crippen molar-refractivity contribution >= 4 is 21.9 Å². The second kappa shape index (κ2) is 18.9. The molecule has 8 heteroatoms. The van der Waals surface area contributed by atoms with Crippen molar-refractivity contribution in [2.24, 2.45) is 0 Å². The zero-order valence-corrected chi connectivity index (χ0v) is 19.0. The Labute approximate surface area is 177 Å². The first-order chi connectivity index (χ1) is 13.8. The Morgan fingerprint density at radius 1 is 0.655 bits per heavy atom. The molecule has 0 saturated carbocycles. The van der Waals surface area contributed by atoms with Gasteiger partial charge in [-0.3, -0.25) is 14.1 Å². The molecule has 0 fully saturated rings. The highest BCUT2D eigenvalue weighted by Gasteiger charge is 2.03. The zero-order valence-electron chi connectivity index (χ0n) is 18.2. The highest BCUT2D eigenvalue weighted by atomic mass is 32.2. The first-order valence-electron chi connectivity index (χ1n) is 11.3. The van der Waals surface area contributed by atoms with E-state index in [-0.39, 0.29) is 17.6 Å². The Morgan fingerprint density at radius 2 is 1.07 bits per heavy atom. The van der Waals surface area contributed by atoms with Gasteiger partial charge >= 0.3 is 0 Å². The summed E-state index contributed by atoms with van der Waals surface area (Å²) in [6.45, 7) is 0.566. The van der Waals surface area contributed by atoms with E-state index >= 15 is 0 Å². The molecule has 0 aliphatic rings. The van der Waals surface area contributed by atoms with Gasteiger partial charge in [-0.25, -0.2) is 0 Å². The Hall–Kier alpha value is -1.15. The largest absolute Gasteiger partial charge is 0.359 e. The maximum absolute atomic E-state index is 11.7. The summed E-state index contributed by atoms with van der Waals surface area (Å²) >= 11 is 0. The minimum absolute atomic E-state index is 0.00742. The summed E-state index contributed by atoms with van der Waals surface area (Å²) in [5.74, 6) is -0.0236. The van der Waals surface area contributed by atoms with Crippen LogP contribution in [0.15, 0.2) is 0 Å². The lowest BCUT2D eigenvalue weighted by molar-refractivity contribution is -0.122. The fraction of sp³-hybridized carbons (Fsp3) is 0.905. The van der Waals surface area contributed by atoms with E-state index in [4.69, 9.17) is 4.55 Å². The number of hydrogen-bond acceptors (Lipinski definition) is 4. The van der Waals surface area contributed by atoms with Crippen LogP contribution < -0.4 is 10.6 Å². The van der Waals surface area contributed by atoms with Gasteiger partial charge in [0.05, 0.1) is 5.75 Å². The van der Waals surface area contributed by atoms with E-state index < -0.39 is 10.1 Å². The normalized spacial score (nSPS) is 11.4. The number of nitrogens with one attached hydrogen (secondary N) is 2. The lowest BCUT2D eigenvalue weighted by Gasteiger charge is -2.05. The van der Waals surface area contributed by atoms with Crippen molar-refractivity contribution in [1.82, 2.24) is 10.6 Å². The molecule has 0 aromatic rings. The third-order valence-corrected chi connectivity index (χ3v) is 5.79. The predicted octanol–water partition coefficient (Wildman–Crippen LogP) is 3.98. The van der Waals surface area contributed by atoms with Crippen LogP contribution in [0.5, 0.6) is 0 Å². The molecule has 0 aromatic heterocycles. The maximum Gasteiger partial charge on any atom is 0.264 e. The van der Waals surface area contributed by atoms with E-state index in [1.54, 1.807) is 7.05 Å². The van der Waals surface area contributed by atoms with Crippen LogP contribution in [0.3, 0.4) is 0 Å². The summed E-state index contributed by atoms with van der Waals surface area (Å²) in [4.78, 5) is 22.7. The zero-order chi connectivity index (χ0) is 21.8. The van der Waals surface area contributed by atoms with E-state index in [1.807, 2.05) is 0 Å². The van der Waals surface area contributed by atoms with Crippen molar-refractivity contribution in [3.63, 3.8) is 0 Å². The lowest BCUT2D eigenvalue weighted by Crippen LogP contribution is -2.26. The van der Waals surface area contributed by atoms with Gasteiger partial charge < -0.3 is 10.6 Å². The average Bonchev–Trinajstić information content (AvgIpc) is 2.67. The molecular formula is C21H42N2O5S. The summed E-state index contributed by atoms with van der Waals surface area (Å²) in [6.07, 6.45) is 15.9. The van der Waals surface area contributed by atoms with Gasteiger partial charge in [-0.2, -0.15) is 8.42 Å². The number of carbonyl (C=O) groups is 2. The van der Waals surface area contributed by atoms with Crippen molar-refractivity contribution in [2.75, 3.05) is 19.3 Å². The van der Waals surface area contributed by atoms with Gasteiger partial charge in [0.1, 0.15) is 0 Å². The fourth-order valence-electron chi connectivity index (χ4n) is 3.20. The van der Waals surface area contributed by atoms with Crippen molar-refractivity contribution in [2.45, 2.75) is 103 Å². The van der Waals surface area contributed by atoms with Crippen molar-refractivity contribution in [3.05, 3.63) is 0 Å². The van der Waals surface area contributed by atoms with E-state index in [9.17, 15) is 18.0 Å².